The Hall–Kier alpha value is -3.08. The molecule has 9 nitrogen and oxygen atoms in total. The van der Waals surface area contributed by atoms with Crippen LogP contribution in [0.5, 0.6) is 5.75 Å². The molecule has 0 fully saturated rings. The first-order valence-electron chi connectivity index (χ1n) is 9.69. The predicted octanol–water partition coefficient (Wildman–Crippen LogP) is 4.12. The number of hydrazine groups is 1. The van der Waals surface area contributed by atoms with E-state index in [0.29, 0.717) is 17.1 Å². The van der Waals surface area contributed by atoms with E-state index in [-0.39, 0.29) is 21.7 Å². The summed E-state index contributed by atoms with van der Waals surface area (Å²) in [6, 6.07) is 12.0. The highest BCUT2D eigenvalue weighted by Gasteiger charge is 2.23. The Kier molecular flexibility index (Phi) is 7.07. The molecule has 0 radical (unpaired) electrons. The van der Waals surface area contributed by atoms with Crippen molar-refractivity contribution in [1.82, 2.24) is 9.97 Å². The lowest BCUT2D eigenvalue weighted by Crippen LogP contribution is -2.24. The summed E-state index contributed by atoms with van der Waals surface area (Å²) in [7, 11) is -0.249. The van der Waals surface area contributed by atoms with Crippen molar-refractivity contribution in [2.75, 3.05) is 29.8 Å². The van der Waals surface area contributed by atoms with Crippen LogP contribution in [0.15, 0.2) is 53.6 Å². The maximum Gasteiger partial charge on any atom is 0.229 e. The molecule has 3 aromatic rings. The number of sulfone groups is 1. The van der Waals surface area contributed by atoms with Gasteiger partial charge in [-0.05, 0) is 38.1 Å². The van der Waals surface area contributed by atoms with Crippen LogP contribution in [0.4, 0.5) is 28.8 Å². The van der Waals surface area contributed by atoms with Crippen molar-refractivity contribution in [1.29, 1.82) is 0 Å². The number of ether oxygens (including phenoxy) is 1. The van der Waals surface area contributed by atoms with E-state index in [1.165, 1.54) is 11.2 Å². The van der Waals surface area contributed by atoms with Crippen LogP contribution < -0.4 is 26.2 Å². The molecule has 0 amide bonds. The molecule has 0 unspecified atom stereocenters. The average molecular weight is 477 g/mol. The van der Waals surface area contributed by atoms with Gasteiger partial charge in [-0.25, -0.2) is 19.2 Å². The van der Waals surface area contributed by atoms with Gasteiger partial charge in [0.25, 0.3) is 0 Å². The van der Waals surface area contributed by atoms with E-state index in [0.717, 1.165) is 5.69 Å². The molecule has 0 bridgehead atoms. The molecule has 0 saturated heterocycles. The van der Waals surface area contributed by atoms with Gasteiger partial charge < -0.3 is 20.4 Å². The minimum Gasteiger partial charge on any atom is -0.494 e. The summed E-state index contributed by atoms with van der Waals surface area (Å²) in [5.41, 5.74) is 1.75. The summed E-state index contributed by atoms with van der Waals surface area (Å²) in [5, 5.41) is 7.23. The van der Waals surface area contributed by atoms with Crippen molar-refractivity contribution >= 4 is 50.3 Å². The van der Waals surface area contributed by atoms with Crippen LogP contribution in [0, 0.1) is 0 Å². The molecule has 1 aromatic heterocycles. The van der Waals surface area contributed by atoms with Crippen LogP contribution in [-0.4, -0.2) is 37.8 Å². The third-order valence-corrected chi connectivity index (χ3v) is 7.14. The number of hydrogen-bond donors (Lipinski definition) is 3. The molecular formula is C21H25ClN6O3S. The van der Waals surface area contributed by atoms with Gasteiger partial charge in [-0.2, -0.15) is 4.98 Å². The predicted molar refractivity (Wildman–Crippen MR) is 128 cm³/mol. The molecule has 11 heteroatoms. The van der Waals surface area contributed by atoms with E-state index >= 15 is 0 Å². The fourth-order valence-corrected chi connectivity index (χ4v) is 4.18. The van der Waals surface area contributed by atoms with Crippen LogP contribution >= 0.6 is 11.6 Å². The zero-order chi connectivity index (χ0) is 23.5. The Bertz CT molecular complexity index is 1220. The highest BCUT2D eigenvalue weighted by molar-refractivity contribution is 7.92. The van der Waals surface area contributed by atoms with Crippen LogP contribution in [-0.2, 0) is 9.84 Å². The third kappa shape index (κ3) is 5.04. The van der Waals surface area contributed by atoms with Gasteiger partial charge >= 0.3 is 0 Å². The number of nitrogens with one attached hydrogen (secondary N) is 2. The van der Waals surface area contributed by atoms with Crippen LogP contribution in [0.3, 0.4) is 0 Å². The first kappa shape index (κ1) is 23.6. The highest BCUT2D eigenvalue weighted by atomic mass is 35.5. The first-order chi connectivity index (χ1) is 15.1. The monoisotopic (exact) mass is 476 g/mol. The molecule has 0 aliphatic carbocycles. The highest BCUT2D eigenvalue weighted by Crippen LogP contribution is 2.33. The minimum absolute atomic E-state index is 0.169. The maximum absolute atomic E-state index is 12.7. The van der Waals surface area contributed by atoms with Crippen LogP contribution in [0.2, 0.25) is 5.02 Å². The Morgan fingerprint density at radius 2 is 1.84 bits per heavy atom. The second kappa shape index (κ2) is 9.60. The third-order valence-electron chi connectivity index (χ3n) is 4.65. The number of aromatic nitrogens is 2. The van der Waals surface area contributed by atoms with Gasteiger partial charge in [0, 0.05) is 13.1 Å². The molecule has 170 valence electrons. The van der Waals surface area contributed by atoms with E-state index in [4.69, 9.17) is 22.2 Å². The van der Waals surface area contributed by atoms with Crippen LogP contribution in [0.1, 0.15) is 13.8 Å². The zero-order valence-corrected chi connectivity index (χ0v) is 19.7. The number of nitrogens with zero attached hydrogens (tertiary/aromatic N) is 3. The summed E-state index contributed by atoms with van der Waals surface area (Å²) in [5.74, 6) is 6.82. The molecule has 32 heavy (non-hydrogen) atoms. The van der Waals surface area contributed by atoms with Crippen molar-refractivity contribution in [3.05, 3.63) is 53.7 Å². The summed E-state index contributed by atoms with van der Waals surface area (Å²) < 4.78 is 30.9. The molecule has 0 saturated carbocycles. The van der Waals surface area contributed by atoms with Gasteiger partial charge in [0.1, 0.15) is 10.8 Å². The lowest BCUT2D eigenvalue weighted by atomic mass is 10.2. The normalized spacial score (nSPS) is 11.3. The summed E-state index contributed by atoms with van der Waals surface area (Å²) in [6.45, 7) is 3.26. The number of halogens is 1. The topological polar surface area (TPSA) is 122 Å². The molecule has 0 aliphatic heterocycles. The number of rotatable bonds is 8. The van der Waals surface area contributed by atoms with E-state index in [1.807, 2.05) is 6.07 Å². The standard InChI is InChI=1S/C21H25ClN6O3S/c1-13(2)32(29,30)19-8-6-5-7-17(19)25-20-15(22)12-24-21(27-20)26-16-10-9-14(28(3)23)11-18(16)31-4/h5-13H,23H2,1-4H3,(H2,24,25,26,27). The second-order valence-electron chi connectivity index (χ2n) is 7.23. The van der Waals surface area contributed by atoms with Gasteiger partial charge in [0.2, 0.25) is 5.95 Å². The summed E-state index contributed by atoms with van der Waals surface area (Å²) in [6.07, 6.45) is 1.42. The van der Waals surface area contributed by atoms with Crippen molar-refractivity contribution < 1.29 is 13.2 Å². The molecule has 4 N–H and O–H groups in total. The van der Waals surface area contributed by atoms with Crippen molar-refractivity contribution in [3.63, 3.8) is 0 Å². The Balaban J connectivity index is 1.94. The first-order valence-corrected chi connectivity index (χ1v) is 11.6. The van der Waals surface area contributed by atoms with Gasteiger partial charge in [-0.3, -0.25) is 0 Å². The largest absolute Gasteiger partial charge is 0.494 e. The van der Waals surface area contributed by atoms with E-state index < -0.39 is 15.1 Å². The van der Waals surface area contributed by atoms with E-state index in [9.17, 15) is 8.42 Å². The molecular weight excluding hydrogens is 452 g/mol. The number of benzene rings is 2. The lowest BCUT2D eigenvalue weighted by molar-refractivity contribution is 0.417. The summed E-state index contributed by atoms with van der Waals surface area (Å²) >= 11 is 6.28. The van der Waals surface area contributed by atoms with Gasteiger partial charge in [0.15, 0.2) is 15.7 Å². The van der Waals surface area contributed by atoms with Crippen molar-refractivity contribution in [3.8, 4) is 5.75 Å². The Morgan fingerprint density at radius 3 is 2.50 bits per heavy atom. The molecule has 0 aliphatic rings. The SMILES string of the molecule is COc1cc(N(C)N)ccc1Nc1ncc(Cl)c(Nc2ccccc2S(=O)(=O)C(C)C)n1. The molecule has 0 spiro atoms. The van der Waals surface area contributed by atoms with E-state index in [1.54, 1.807) is 64.4 Å². The van der Waals surface area contributed by atoms with Gasteiger partial charge in [-0.1, -0.05) is 23.7 Å². The lowest BCUT2D eigenvalue weighted by Gasteiger charge is -2.17. The van der Waals surface area contributed by atoms with Crippen molar-refractivity contribution in [2.45, 2.75) is 24.0 Å². The van der Waals surface area contributed by atoms with Crippen molar-refractivity contribution in [2.24, 2.45) is 5.84 Å². The molecule has 1 heterocycles. The number of anilines is 5. The van der Waals surface area contributed by atoms with Crippen LogP contribution in [0.25, 0.3) is 0 Å². The maximum atomic E-state index is 12.7. The molecule has 2 aromatic carbocycles. The average Bonchev–Trinajstić information content (AvgIpc) is 2.76. The Morgan fingerprint density at radius 1 is 1.12 bits per heavy atom. The molecule has 3 rings (SSSR count). The van der Waals surface area contributed by atoms with E-state index in [2.05, 4.69) is 20.6 Å². The zero-order valence-electron chi connectivity index (χ0n) is 18.1. The quantitative estimate of drug-likeness (QED) is 0.325. The fourth-order valence-electron chi connectivity index (χ4n) is 2.84. The number of hydrogen-bond acceptors (Lipinski definition) is 9. The number of methoxy groups -OCH3 is 1. The minimum atomic E-state index is -3.51. The smallest absolute Gasteiger partial charge is 0.229 e. The number of para-hydroxylation sites is 1. The molecule has 0 atom stereocenters. The Labute approximate surface area is 192 Å². The summed E-state index contributed by atoms with van der Waals surface area (Å²) in [4.78, 5) is 8.79. The second-order valence-corrected chi connectivity index (χ2v) is 10.1. The fraction of sp³-hybridized carbons (Fsp3) is 0.238. The van der Waals surface area contributed by atoms with Gasteiger partial charge in [-0.15, -0.1) is 0 Å². The van der Waals surface area contributed by atoms with Gasteiger partial charge in [0.05, 0.1) is 40.5 Å². The number of nitrogens with two attached hydrogens (primary N) is 1.